The van der Waals surface area contributed by atoms with E-state index in [0.29, 0.717) is 25.5 Å². The summed E-state index contributed by atoms with van der Waals surface area (Å²) in [6.07, 6.45) is 3.75. The Balaban J connectivity index is 1.30. The van der Waals surface area contributed by atoms with E-state index in [1.807, 2.05) is 65.3 Å². The maximum absolute atomic E-state index is 12.7. The summed E-state index contributed by atoms with van der Waals surface area (Å²) in [5.41, 5.74) is 5.01. The normalized spacial score (nSPS) is 12.7. The van der Waals surface area contributed by atoms with Crippen LogP contribution in [0.1, 0.15) is 40.2 Å². The van der Waals surface area contributed by atoms with Crippen molar-refractivity contribution in [3.63, 3.8) is 0 Å². The maximum Gasteiger partial charge on any atom is 0.272 e. The van der Waals surface area contributed by atoms with E-state index in [9.17, 15) is 4.79 Å². The molecule has 5 heteroatoms. The summed E-state index contributed by atoms with van der Waals surface area (Å²) in [6, 6.07) is 20.1. The summed E-state index contributed by atoms with van der Waals surface area (Å²) in [5, 5.41) is 7.63. The van der Waals surface area contributed by atoms with Gasteiger partial charge in [0.1, 0.15) is 0 Å². The van der Waals surface area contributed by atoms with Crippen molar-refractivity contribution in [3.05, 3.63) is 83.2 Å². The number of fused-ring (bicyclic) bond motifs is 1. The van der Waals surface area contributed by atoms with Gasteiger partial charge in [-0.3, -0.25) is 4.79 Å². The molecule has 2 aromatic carbocycles. The zero-order valence-corrected chi connectivity index (χ0v) is 15.9. The number of nitrogens with zero attached hydrogens (tertiary/aromatic N) is 2. The smallest absolute Gasteiger partial charge is 0.272 e. The molecule has 3 aromatic rings. The number of hydrogen-bond donors (Lipinski definition) is 1. The molecule has 4 rings (SSSR count). The summed E-state index contributed by atoms with van der Waals surface area (Å²) in [4.78, 5) is 12.7. The Morgan fingerprint density at radius 2 is 1.79 bits per heavy atom. The topological polar surface area (TPSA) is 56.1 Å². The highest BCUT2D eigenvalue weighted by molar-refractivity contribution is 5.94. The zero-order valence-electron chi connectivity index (χ0n) is 15.9. The molecule has 1 aliphatic carbocycles. The van der Waals surface area contributed by atoms with Gasteiger partial charge in [-0.05, 0) is 43.4 Å². The van der Waals surface area contributed by atoms with Gasteiger partial charge in [-0.25, -0.2) is 4.68 Å². The molecule has 0 unspecified atom stereocenters. The first kappa shape index (κ1) is 18.4. The zero-order chi connectivity index (χ0) is 19.2. The van der Waals surface area contributed by atoms with E-state index < -0.39 is 0 Å². The lowest BCUT2D eigenvalue weighted by Gasteiger charge is -2.06. The van der Waals surface area contributed by atoms with Crippen molar-refractivity contribution in [3.8, 4) is 5.69 Å². The Labute approximate surface area is 165 Å². The van der Waals surface area contributed by atoms with Gasteiger partial charge in [0.05, 0.1) is 12.3 Å². The summed E-state index contributed by atoms with van der Waals surface area (Å²) in [6.45, 7) is 1.80. The van der Waals surface area contributed by atoms with Gasteiger partial charge in [-0.1, -0.05) is 48.5 Å². The Hall–Kier alpha value is -2.92. The van der Waals surface area contributed by atoms with Crippen molar-refractivity contribution in [1.29, 1.82) is 0 Å². The first-order valence-electron chi connectivity index (χ1n) is 9.89. The molecule has 1 aliphatic rings. The number of rotatable bonds is 8. The van der Waals surface area contributed by atoms with Crippen molar-refractivity contribution in [2.45, 2.75) is 32.3 Å². The molecule has 0 saturated heterocycles. The van der Waals surface area contributed by atoms with Crippen molar-refractivity contribution in [2.75, 3.05) is 13.2 Å². The molecule has 1 heterocycles. The average molecular weight is 375 g/mol. The number of carbonyl (C=O) groups excluding carboxylic acids is 1. The van der Waals surface area contributed by atoms with Crippen LogP contribution in [0.25, 0.3) is 5.69 Å². The number of benzene rings is 2. The maximum atomic E-state index is 12.7. The molecule has 0 spiro atoms. The second-order valence-electron chi connectivity index (χ2n) is 7.02. The molecule has 0 aliphatic heterocycles. The largest absolute Gasteiger partial charge is 0.377 e. The highest BCUT2D eigenvalue weighted by Gasteiger charge is 2.26. The van der Waals surface area contributed by atoms with Crippen molar-refractivity contribution >= 4 is 5.91 Å². The van der Waals surface area contributed by atoms with E-state index in [4.69, 9.17) is 4.74 Å². The van der Waals surface area contributed by atoms with E-state index in [2.05, 4.69) is 10.4 Å². The average Bonchev–Trinajstić information content (AvgIpc) is 3.34. The Morgan fingerprint density at radius 1 is 1.04 bits per heavy atom. The molecule has 144 valence electrons. The standard InChI is InChI=1S/C23H25N3O2/c27-23(24-15-8-16-28-17-18-9-3-1-4-10-18)22-20-13-7-14-21(20)26(25-22)19-11-5-2-6-12-19/h1-6,9-12H,7-8,13-17H2,(H,24,27). The van der Waals surface area contributed by atoms with Gasteiger partial charge in [-0.2, -0.15) is 5.10 Å². The van der Waals surface area contributed by atoms with Gasteiger partial charge in [0.25, 0.3) is 5.91 Å². The molecule has 28 heavy (non-hydrogen) atoms. The van der Waals surface area contributed by atoms with Crippen LogP contribution in [0.2, 0.25) is 0 Å². The molecule has 0 atom stereocenters. The lowest BCUT2D eigenvalue weighted by Crippen LogP contribution is -2.26. The van der Waals surface area contributed by atoms with E-state index >= 15 is 0 Å². The highest BCUT2D eigenvalue weighted by Crippen LogP contribution is 2.27. The third-order valence-electron chi connectivity index (χ3n) is 5.01. The lowest BCUT2D eigenvalue weighted by atomic mass is 10.2. The third kappa shape index (κ3) is 4.15. The van der Waals surface area contributed by atoms with Gasteiger partial charge < -0.3 is 10.1 Å². The SMILES string of the molecule is O=C(NCCCOCc1ccccc1)c1nn(-c2ccccc2)c2c1CCC2. The van der Waals surface area contributed by atoms with Gasteiger partial charge in [0.2, 0.25) is 0 Å². The van der Waals surface area contributed by atoms with Crippen LogP contribution in [0.4, 0.5) is 0 Å². The van der Waals surface area contributed by atoms with Crippen LogP contribution in [0, 0.1) is 0 Å². The first-order valence-corrected chi connectivity index (χ1v) is 9.89. The minimum Gasteiger partial charge on any atom is -0.377 e. The molecule has 0 fully saturated rings. The molecule has 1 N–H and O–H groups in total. The fraction of sp³-hybridized carbons (Fsp3) is 0.304. The molecule has 0 saturated carbocycles. The predicted octanol–water partition coefficient (Wildman–Crippen LogP) is 3.70. The summed E-state index contributed by atoms with van der Waals surface area (Å²) in [5.74, 6) is -0.0871. The molecule has 1 aromatic heterocycles. The first-order chi connectivity index (χ1) is 13.8. The molecule has 0 bridgehead atoms. The monoisotopic (exact) mass is 375 g/mol. The van der Waals surface area contributed by atoms with Crippen LogP contribution in [-0.4, -0.2) is 28.8 Å². The highest BCUT2D eigenvalue weighted by atomic mass is 16.5. The molecular formula is C23H25N3O2. The second-order valence-corrected chi connectivity index (χ2v) is 7.02. The van der Waals surface area contributed by atoms with Gasteiger partial charge in [0.15, 0.2) is 5.69 Å². The van der Waals surface area contributed by atoms with Crippen LogP contribution in [-0.2, 0) is 24.2 Å². The summed E-state index contributed by atoms with van der Waals surface area (Å²) < 4.78 is 7.60. The molecular weight excluding hydrogens is 350 g/mol. The van der Waals surface area contributed by atoms with Crippen molar-refractivity contribution in [2.24, 2.45) is 0 Å². The van der Waals surface area contributed by atoms with Crippen LogP contribution >= 0.6 is 0 Å². The number of para-hydroxylation sites is 1. The summed E-state index contributed by atoms with van der Waals surface area (Å²) >= 11 is 0. The van der Waals surface area contributed by atoms with Crippen LogP contribution < -0.4 is 5.32 Å². The van der Waals surface area contributed by atoms with Crippen molar-refractivity contribution < 1.29 is 9.53 Å². The number of amides is 1. The molecule has 1 amide bonds. The Morgan fingerprint density at radius 3 is 2.57 bits per heavy atom. The predicted molar refractivity (Wildman–Crippen MR) is 109 cm³/mol. The van der Waals surface area contributed by atoms with Gasteiger partial charge in [-0.15, -0.1) is 0 Å². The van der Waals surface area contributed by atoms with Crippen LogP contribution in [0.5, 0.6) is 0 Å². The van der Waals surface area contributed by atoms with Crippen LogP contribution in [0.3, 0.4) is 0 Å². The van der Waals surface area contributed by atoms with E-state index in [0.717, 1.165) is 42.5 Å². The minimum absolute atomic E-state index is 0.0871. The quantitative estimate of drug-likeness (QED) is 0.611. The van der Waals surface area contributed by atoms with E-state index in [1.165, 1.54) is 5.69 Å². The Bertz CT molecular complexity index is 920. The van der Waals surface area contributed by atoms with Gasteiger partial charge in [0, 0.05) is 24.4 Å². The molecule has 5 nitrogen and oxygen atoms in total. The number of ether oxygens (including phenoxy) is 1. The minimum atomic E-state index is -0.0871. The second kappa shape index (κ2) is 8.85. The fourth-order valence-corrected chi connectivity index (χ4v) is 3.63. The molecule has 0 radical (unpaired) electrons. The fourth-order valence-electron chi connectivity index (χ4n) is 3.63. The van der Waals surface area contributed by atoms with E-state index in [-0.39, 0.29) is 5.91 Å². The number of aromatic nitrogens is 2. The van der Waals surface area contributed by atoms with Crippen LogP contribution in [0.15, 0.2) is 60.7 Å². The number of hydrogen-bond acceptors (Lipinski definition) is 3. The number of nitrogens with one attached hydrogen (secondary N) is 1. The lowest BCUT2D eigenvalue weighted by molar-refractivity contribution is 0.0928. The van der Waals surface area contributed by atoms with Gasteiger partial charge >= 0.3 is 0 Å². The third-order valence-corrected chi connectivity index (χ3v) is 5.01. The summed E-state index contributed by atoms with van der Waals surface area (Å²) in [7, 11) is 0. The van der Waals surface area contributed by atoms with E-state index in [1.54, 1.807) is 0 Å². The van der Waals surface area contributed by atoms with Crippen molar-refractivity contribution in [1.82, 2.24) is 15.1 Å². The number of carbonyl (C=O) groups is 1. The Kier molecular flexibility index (Phi) is 5.83.